The first-order chi connectivity index (χ1) is 29.2. The lowest BCUT2D eigenvalue weighted by molar-refractivity contribution is 0.660. The van der Waals surface area contributed by atoms with Crippen LogP contribution in [0.15, 0.2) is 203 Å². The van der Waals surface area contributed by atoms with Gasteiger partial charge in [0.15, 0.2) is 0 Å². The molecule has 1 aliphatic carbocycles. The molecular formula is C55H32N2O2. The van der Waals surface area contributed by atoms with Crippen molar-refractivity contribution in [1.29, 1.82) is 0 Å². The predicted molar refractivity (Wildman–Crippen MR) is 244 cm³/mol. The van der Waals surface area contributed by atoms with Gasteiger partial charge in [-0.15, -0.1) is 0 Å². The predicted octanol–water partition coefficient (Wildman–Crippen LogP) is 14.1. The van der Waals surface area contributed by atoms with E-state index < -0.39 is 0 Å². The highest BCUT2D eigenvalue weighted by Gasteiger charge is 2.26. The minimum absolute atomic E-state index is 0.0301. The number of nitrogens with zero attached hydrogens (tertiary/aromatic N) is 2. The quantitative estimate of drug-likeness (QED) is 0.165. The Morgan fingerprint density at radius 1 is 0.288 bits per heavy atom. The fourth-order valence-corrected chi connectivity index (χ4v) is 9.91. The summed E-state index contributed by atoms with van der Waals surface area (Å²) < 4.78 is 11.3. The van der Waals surface area contributed by atoms with E-state index in [9.17, 15) is 4.79 Å². The number of fused-ring (bicyclic) bond motifs is 16. The zero-order valence-electron chi connectivity index (χ0n) is 31.7. The molecule has 0 atom stereocenters. The fraction of sp³-hybridized carbons (Fsp3) is 0. The molecule has 3 heterocycles. The summed E-state index contributed by atoms with van der Waals surface area (Å²) in [6.07, 6.45) is 0. The second-order valence-corrected chi connectivity index (χ2v) is 15.6. The van der Waals surface area contributed by atoms with Crippen molar-refractivity contribution in [2.75, 3.05) is 0 Å². The highest BCUT2D eigenvalue weighted by atomic mass is 16.3. The van der Waals surface area contributed by atoms with Gasteiger partial charge in [-0.05, 0) is 117 Å². The molecule has 12 aromatic rings. The van der Waals surface area contributed by atoms with Crippen LogP contribution in [0, 0.1) is 0 Å². The monoisotopic (exact) mass is 752 g/mol. The van der Waals surface area contributed by atoms with E-state index in [1.807, 2.05) is 24.3 Å². The van der Waals surface area contributed by atoms with Crippen LogP contribution < -0.4 is 5.43 Å². The summed E-state index contributed by atoms with van der Waals surface area (Å²) in [4.78, 5) is 14.3. The summed E-state index contributed by atoms with van der Waals surface area (Å²) >= 11 is 0. The van der Waals surface area contributed by atoms with Crippen molar-refractivity contribution in [3.05, 3.63) is 204 Å². The van der Waals surface area contributed by atoms with Gasteiger partial charge in [0, 0.05) is 32.9 Å². The Labute approximate surface area is 338 Å². The maximum absolute atomic E-state index is 14.3. The molecule has 9 aromatic carbocycles. The van der Waals surface area contributed by atoms with Gasteiger partial charge in [0.2, 0.25) is 5.43 Å². The van der Waals surface area contributed by atoms with Gasteiger partial charge in [0.25, 0.3) is 0 Å². The lowest BCUT2D eigenvalue weighted by atomic mass is 9.80. The molecule has 0 unspecified atom stereocenters. The molecule has 0 amide bonds. The van der Waals surface area contributed by atoms with E-state index in [1.54, 1.807) is 0 Å². The Kier molecular flexibility index (Phi) is 6.56. The van der Waals surface area contributed by atoms with E-state index in [0.29, 0.717) is 21.9 Å². The third-order valence-electron chi connectivity index (χ3n) is 12.5. The number of benzene rings is 9. The Hall–Kier alpha value is -7.95. The number of hydrogen-bond donors (Lipinski definition) is 0. The van der Waals surface area contributed by atoms with Crippen LogP contribution in [0.1, 0.15) is 0 Å². The number of para-hydroxylation sites is 5. The van der Waals surface area contributed by atoms with Crippen LogP contribution in [0.3, 0.4) is 0 Å². The summed E-state index contributed by atoms with van der Waals surface area (Å²) in [5.41, 5.74) is 16.5. The van der Waals surface area contributed by atoms with E-state index in [1.165, 1.54) is 21.5 Å². The van der Waals surface area contributed by atoms with Gasteiger partial charge in [-0.25, -0.2) is 0 Å². The van der Waals surface area contributed by atoms with Gasteiger partial charge in [-0.2, -0.15) is 0 Å². The number of rotatable bonds is 2. The second kappa shape index (κ2) is 12.0. The maximum atomic E-state index is 14.3. The standard InChI is InChI=1S/C55H32N2O2/c58-55-43-19-7-12-24-53(43)59-54-32-47-36-14-2-1-13-35(36)37-27-25-33(56-49-20-8-3-15-39(49)40-16-4-9-21-50(40)56)29-44(37)45-30-34(26-28-38(45)46(47)31-48(54)55)57-51-22-10-5-17-41(51)42-18-6-11-23-52(42)57/h1-32H. The van der Waals surface area contributed by atoms with Crippen molar-refractivity contribution in [3.63, 3.8) is 0 Å². The molecule has 3 aromatic heterocycles. The molecule has 0 saturated carbocycles. The Morgan fingerprint density at radius 2 is 0.661 bits per heavy atom. The van der Waals surface area contributed by atoms with Crippen molar-refractivity contribution in [2.45, 2.75) is 0 Å². The molecule has 1 aliphatic rings. The van der Waals surface area contributed by atoms with Crippen molar-refractivity contribution in [1.82, 2.24) is 9.13 Å². The lowest BCUT2D eigenvalue weighted by Crippen LogP contribution is -2.05. The zero-order valence-corrected chi connectivity index (χ0v) is 31.7. The Bertz CT molecular complexity index is 3720. The topological polar surface area (TPSA) is 40.1 Å². The van der Waals surface area contributed by atoms with Gasteiger partial charge in [-0.1, -0.05) is 121 Å². The highest BCUT2D eigenvalue weighted by molar-refractivity contribution is 6.12. The Morgan fingerprint density at radius 3 is 1.19 bits per heavy atom. The SMILES string of the molecule is O=c1c2ccccc2oc2cc3c(cc12)-c1ccc(-n2c4ccccc4c4ccccc42)cc1-c1cc(-n2c4ccccc4c4ccccc42)ccc1-c1ccccc1-3. The third kappa shape index (κ3) is 4.51. The van der Waals surface area contributed by atoms with Crippen molar-refractivity contribution < 1.29 is 4.42 Å². The summed E-state index contributed by atoms with van der Waals surface area (Å²) in [5.74, 6) is 0. The Balaban J connectivity index is 1.17. The molecular weight excluding hydrogens is 721 g/mol. The third-order valence-corrected chi connectivity index (χ3v) is 12.5. The first-order valence-electron chi connectivity index (χ1n) is 20.0. The van der Waals surface area contributed by atoms with Crippen molar-refractivity contribution in [3.8, 4) is 55.9 Å². The summed E-state index contributed by atoms with van der Waals surface area (Å²) in [5, 5.41) is 6.02. The summed E-state index contributed by atoms with van der Waals surface area (Å²) in [6.45, 7) is 0. The summed E-state index contributed by atoms with van der Waals surface area (Å²) in [6, 6.07) is 68.7. The van der Waals surface area contributed by atoms with E-state index in [2.05, 4.69) is 179 Å². The van der Waals surface area contributed by atoms with E-state index in [4.69, 9.17) is 4.42 Å². The van der Waals surface area contributed by atoms with E-state index >= 15 is 0 Å². The van der Waals surface area contributed by atoms with Crippen LogP contribution in [0.4, 0.5) is 0 Å². The molecule has 0 aliphatic heterocycles. The summed E-state index contributed by atoms with van der Waals surface area (Å²) in [7, 11) is 0. The highest BCUT2D eigenvalue weighted by Crippen LogP contribution is 2.50. The average molecular weight is 753 g/mol. The number of aromatic nitrogens is 2. The number of hydrogen-bond acceptors (Lipinski definition) is 2. The van der Waals surface area contributed by atoms with Crippen LogP contribution in [0.5, 0.6) is 0 Å². The molecule has 0 fully saturated rings. The minimum atomic E-state index is -0.0301. The van der Waals surface area contributed by atoms with Crippen LogP contribution in [-0.4, -0.2) is 9.13 Å². The van der Waals surface area contributed by atoms with Gasteiger partial charge in [-0.3, -0.25) is 4.79 Å². The molecule has 13 rings (SSSR count). The van der Waals surface area contributed by atoms with Crippen molar-refractivity contribution in [2.24, 2.45) is 0 Å². The molecule has 0 spiro atoms. The molecule has 4 nitrogen and oxygen atoms in total. The molecule has 4 heteroatoms. The lowest BCUT2D eigenvalue weighted by Gasteiger charge is -2.25. The fourth-order valence-electron chi connectivity index (χ4n) is 9.91. The van der Waals surface area contributed by atoms with Crippen LogP contribution in [-0.2, 0) is 0 Å². The molecule has 0 saturated heterocycles. The maximum Gasteiger partial charge on any atom is 0.200 e. The second-order valence-electron chi connectivity index (χ2n) is 15.6. The first-order valence-corrected chi connectivity index (χ1v) is 20.0. The minimum Gasteiger partial charge on any atom is -0.456 e. The average Bonchev–Trinajstić information content (AvgIpc) is 3.81. The van der Waals surface area contributed by atoms with E-state index in [0.717, 1.165) is 77.9 Å². The molecule has 0 radical (unpaired) electrons. The molecule has 0 N–H and O–H groups in total. The first kappa shape index (κ1) is 32.2. The van der Waals surface area contributed by atoms with Crippen LogP contribution >= 0.6 is 0 Å². The molecule has 59 heavy (non-hydrogen) atoms. The smallest absolute Gasteiger partial charge is 0.200 e. The zero-order chi connectivity index (χ0) is 38.8. The normalized spacial score (nSPS) is 12.1. The molecule has 0 bridgehead atoms. The van der Waals surface area contributed by atoms with E-state index in [-0.39, 0.29) is 5.43 Å². The van der Waals surface area contributed by atoms with Gasteiger partial charge in [0.1, 0.15) is 11.2 Å². The van der Waals surface area contributed by atoms with Crippen LogP contribution in [0.2, 0.25) is 0 Å². The van der Waals surface area contributed by atoms with Gasteiger partial charge >= 0.3 is 0 Å². The largest absolute Gasteiger partial charge is 0.456 e. The molecule has 274 valence electrons. The van der Waals surface area contributed by atoms with Crippen LogP contribution in [0.25, 0.3) is 121 Å². The van der Waals surface area contributed by atoms with Gasteiger partial charge < -0.3 is 13.6 Å². The van der Waals surface area contributed by atoms with Gasteiger partial charge in [0.05, 0.1) is 32.8 Å². The van der Waals surface area contributed by atoms with Crippen molar-refractivity contribution >= 4 is 65.6 Å².